The maximum absolute atomic E-state index is 12.6. The molecule has 0 radical (unpaired) electrons. The molecular formula is C21H21N3O3. The van der Waals surface area contributed by atoms with E-state index >= 15 is 0 Å². The number of benzene rings is 1. The largest absolute Gasteiger partial charge is 0.454 e. The molecule has 1 N–H and O–H groups in total. The van der Waals surface area contributed by atoms with Crippen LogP contribution in [0.4, 0.5) is 0 Å². The molecular weight excluding hydrogens is 342 g/mol. The molecule has 5 rings (SSSR count). The Morgan fingerprint density at radius 1 is 1.22 bits per heavy atom. The van der Waals surface area contributed by atoms with Crippen molar-refractivity contribution in [2.75, 3.05) is 13.8 Å². The van der Waals surface area contributed by atoms with Gasteiger partial charge in [0, 0.05) is 29.8 Å². The van der Waals surface area contributed by atoms with Crippen molar-refractivity contribution in [2.45, 2.75) is 25.4 Å². The summed E-state index contributed by atoms with van der Waals surface area (Å²) >= 11 is 0. The number of hydrogen-bond donors (Lipinski definition) is 1. The molecule has 1 fully saturated rings. The van der Waals surface area contributed by atoms with Crippen molar-refractivity contribution < 1.29 is 9.47 Å². The fraction of sp³-hybridized carbons (Fsp3) is 0.333. The van der Waals surface area contributed by atoms with Gasteiger partial charge >= 0.3 is 0 Å². The first-order valence-corrected chi connectivity index (χ1v) is 9.26. The molecule has 3 heterocycles. The van der Waals surface area contributed by atoms with Gasteiger partial charge in [-0.25, -0.2) is 0 Å². The van der Waals surface area contributed by atoms with Crippen molar-refractivity contribution in [3.63, 3.8) is 0 Å². The Morgan fingerprint density at radius 3 is 2.78 bits per heavy atom. The highest BCUT2D eigenvalue weighted by Gasteiger charge is 2.36. The summed E-state index contributed by atoms with van der Waals surface area (Å²) in [4.78, 5) is 22.4. The topological polar surface area (TPSA) is 67.5 Å². The van der Waals surface area contributed by atoms with Crippen molar-refractivity contribution >= 4 is 10.9 Å². The van der Waals surface area contributed by atoms with Gasteiger partial charge in [0.25, 0.3) is 5.56 Å². The molecule has 0 spiro atoms. The monoisotopic (exact) mass is 363 g/mol. The average Bonchev–Trinajstić information content (AvgIpc) is 3.39. The van der Waals surface area contributed by atoms with Gasteiger partial charge in [0.1, 0.15) is 0 Å². The van der Waals surface area contributed by atoms with Gasteiger partial charge in [-0.15, -0.1) is 0 Å². The van der Waals surface area contributed by atoms with E-state index in [0.29, 0.717) is 18.2 Å². The van der Waals surface area contributed by atoms with E-state index in [0.717, 1.165) is 27.9 Å². The number of nitrogens with zero attached hydrogens (tertiary/aromatic N) is 2. The van der Waals surface area contributed by atoms with Gasteiger partial charge in [-0.3, -0.25) is 14.7 Å². The van der Waals surface area contributed by atoms with Crippen molar-refractivity contribution in [1.82, 2.24) is 14.9 Å². The van der Waals surface area contributed by atoms with Crippen molar-refractivity contribution in [3.05, 3.63) is 64.2 Å². The van der Waals surface area contributed by atoms with Crippen LogP contribution in [0.25, 0.3) is 10.9 Å². The van der Waals surface area contributed by atoms with E-state index in [4.69, 9.17) is 9.47 Å². The highest BCUT2D eigenvalue weighted by Crippen LogP contribution is 2.43. The molecule has 0 bridgehead atoms. The van der Waals surface area contributed by atoms with Crippen LogP contribution >= 0.6 is 0 Å². The lowest BCUT2D eigenvalue weighted by molar-refractivity contribution is 0.174. The maximum Gasteiger partial charge on any atom is 0.252 e. The molecule has 6 nitrogen and oxygen atoms in total. The van der Waals surface area contributed by atoms with Crippen molar-refractivity contribution in [1.29, 1.82) is 0 Å². The Bertz CT molecular complexity index is 1040. The van der Waals surface area contributed by atoms with Gasteiger partial charge in [0.2, 0.25) is 6.79 Å². The normalized spacial score (nSPS) is 16.8. The lowest BCUT2D eigenvalue weighted by Gasteiger charge is -2.27. The second-order valence-electron chi connectivity index (χ2n) is 7.37. The summed E-state index contributed by atoms with van der Waals surface area (Å²) in [6, 6.07) is 12.0. The molecule has 1 aliphatic carbocycles. The molecule has 0 saturated heterocycles. The number of nitrogens with one attached hydrogen (secondary N) is 1. The van der Waals surface area contributed by atoms with Gasteiger partial charge in [0.15, 0.2) is 11.5 Å². The second kappa shape index (κ2) is 6.39. The minimum absolute atomic E-state index is 0.0659. The minimum Gasteiger partial charge on any atom is -0.454 e. The van der Waals surface area contributed by atoms with Crippen LogP contribution in [0.1, 0.15) is 30.1 Å². The van der Waals surface area contributed by atoms with Crippen LogP contribution in [-0.4, -0.2) is 28.7 Å². The van der Waals surface area contributed by atoms with E-state index in [-0.39, 0.29) is 18.4 Å². The number of aromatic amines is 1. The lowest BCUT2D eigenvalue weighted by atomic mass is 10.1. The zero-order chi connectivity index (χ0) is 18.4. The minimum atomic E-state index is -0.0659. The fourth-order valence-corrected chi connectivity index (χ4v) is 3.92. The van der Waals surface area contributed by atoms with Crippen LogP contribution < -0.4 is 15.0 Å². The molecule has 1 saturated carbocycles. The Labute approximate surface area is 156 Å². The summed E-state index contributed by atoms with van der Waals surface area (Å²) in [7, 11) is 2.07. The molecule has 1 unspecified atom stereocenters. The second-order valence-corrected chi connectivity index (χ2v) is 7.37. The van der Waals surface area contributed by atoms with E-state index in [1.807, 2.05) is 36.5 Å². The molecule has 1 atom stereocenters. The van der Waals surface area contributed by atoms with E-state index in [1.165, 1.54) is 12.8 Å². The first-order valence-electron chi connectivity index (χ1n) is 9.26. The number of ether oxygens (including phenoxy) is 2. The Balaban J connectivity index is 1.47. The number of pyridine rings is 2. The standard InChI is InChI=1S/C21H21N3O3/c1-24(20(13-5-6-13)16-4-2-3-7-22-16)11-15-8-14-9-18-19(27-12-26-18)10-17(14)23-21(15)25/h2-4,7-10,13,20H,5-6,11-12H2,1H3,(H,23,25). The summed E-state index contributed by atoms with van der Waals surface area (Å²) in [5.74, 6) is 2.00. The predicted octanol–water partition coefficient (Wildman–Crippen LogP) is 3.23. The van der Waals surface area contributed by atoms with Gasteiger partial charge in [-0.05, 0) is 50.1 Å². The lowest BCUT2D eigenvalue weighted by Crippen LogP contribution is -2.29. The molecule has 3 aromatic rings. The van der Waals surface area contributed by atoms with Crippen LogP contribution in [0, 0.1) is 5.92 Å². The number of hydrogen-bond acceptors (Lipinski definition) is 5. The molecule has 1 aromatic carbocycles. The summed E-state index contributed by atoms with van der Waals surface area (Å²) in [5.41, 5.74) is 2.51. The van der Waals surface area contributed by atoms with Gasteiger partial charge in [0.05, 0.1) is 17.3 Å². The number of aromatic nitrogens is 2. The maximum atomic E-state index is 12.6. The zero-order valence-electron chi connectivity index (χ0n) is 15.1. The Hall–Kier alpha value is -2.86. The van der Waals surface area contributed by atoms with Crippen LogP contribution in [0.3, 0.4) is 0 Å². The highest BCUT2D eigenvalue weighted by molar-refractivity contribution is 5.83. The number of fused-ring (bicyclic) bond motifs is 2. The van der Waals surface area contributed by atoms with Crippen LogP contribution in [0.2, 0.25) is 0 Å². The van der Waals surface area contributed by atoms with E-state index in [9.17, 15) is 4.79 Å². The third-order valence-electron chi connectivity index (χ3n) is 5.37. The molecule has 1 aliphatic heterocycles. The molecule has 0 amide bonds. The van der Waals surface area contributed by atoms with Crippen LogP contribution in [0.15, 0.2) is 47.4 Å². The van der Waals surface area contributed by atoms with Gasteiger partial charge < -0.3 is 14.5 Å². The quantitative estimate of drug-likeness (QED) is 0.754. The van der Waals surface area contributed by atoms with E-state index in [2.05, 4.69) is 28.0 Å². The third-order valence-corrected chi connectivity index (χ3v) is 5.37. The van der Waals surface area contributed by atoms with Crippen molar-refractivity contribution in [2.24, 2.45) is 5.92 Å². The SMILES string of the molecule is CN(Cc1cc2cc3c(cc2[nH]c1=O)OCO3)C(c1ccccn1)C1CC1. The van der Waals surface area contributed by atoms with E-state index in [1.54, 1.807) is 0 Å². The molecule has 2 aliphatic rings. The summed E-state index contributed by atoms with van der Waals surface area (Å²) in [6.45, 7) is 0.788. The first kappa shape index (κ1) is 16.3. The molecule has 2 aromatic heterocycles. The highest BCUT2D eigenvalue weighted by atomic mass is 16.7. The van der Waals surface area contributed by atoms with Crippen LogP contribution in [0.5, 0.6) is 11.5 Å². The van der Waals surface area contributed by atoms with Crippen LogP contribution in [-0.2, 0) is 6.54 Å². The van der Waals surface area contributed by atoms with Gasteiger partial charge in [-0.1, -0.05) is 6.07 Å². The average molecular weight is 363 g/mol. The Kier molecular flexibility index (Phi) is 3.86. The number of H-pyrrole nitrogens is 1. The molecule has 138 valence electrons. The fourth-order valence-electron chi connectivity index (χ4n) is 3.92. The van der Waals surface area contributed by atoms with E-state index < -0.39 is 0 Å². The smallest absolute Gasteiger partial charge is 0.252 e. The number of rotatable bonds is 5. The first-order chi connectivity index (χ1) is 13.2. The molecule has 6 heteroatoms. The Morgan fingerprint density at radius 2 is 2.04 bits per heavy atom. The molecule has 27 heavy (non-hydrogen) atoms. The summed E-state index contributed by atoms with van der Waals surface area (Å²) in [5, 5.41) is 0.947. The van der Waals surface area contributed by atoms with Gasteiger partial charge in [-0.2, -0.15) is 0 Å². The summed E-state index contributed by atoms with van der Waals surface area (Å²) < 4.78 is 10.9. The third kappa shape index (κ3) is 3.06. The zero-order valence-corrected chi connectivity index (χ0v) is 15.1. The summed E-state index contributed by atoms with van der Waals surface area (Å²) in [6.07, 6.45) is 4.26. The predicted molar refractivity (Wildman–Crippen MR) is 102 cm³/mol. The van der Waals surface area contributed by atoms with Crippen molar-refractivity contribution in [3.8, 4) is 11.5 Å².